The van der Waals surface area contributed by atoms with Crippen molar-refractivity contribution in [2.75, 3.05) is 6.61 Å². The number of aliphatic hydroxyl groups excluding tert-OH is 1. The van der Waals surface area contributed by atoms with E-state index in [1.54, 1.807) is 0 Å². The van der Waals surface area contributed by atoms with Crippen molar-refractivity contribution in [1.82, 2.24) is 0 Å². The van der Waals surface area contributed by atoms with Crippen LogP contribution in [0.3, 0.4) is 0 Å². The van der Waals surface area contributed by atoms with Crippen LogP contribution in [0.15, 0.2) is 42.5 Å². The number of benzene rings is 2. The summed E-state index contributed by atoms with van der Waals surface area (Å²) in [5.74, 6) is -0.321. The number of hydrogen-bond donors (Lipinski definition) is 1. The first kappa shape index (κ1) is 13.0. The van der Waals surface area contributed by atoms with E-state index >= 15 is 0 Å². The number of aliphatic hydroxyl groups is 1. The van der Waals surface area contributed by atoms with Gasteiger partial charge >= 0.3 is 0 Å². The highest BCUT2D eigenvalue weighted by Crippen LogP contribution is 2.32. The van der Waals surface area contributed by atoms with Crippen LogP contribution in [0.2, 0.25) is 0 Å². The maximum atomic E-state index is 11.2. The number of rotatable bonds is 2. The summed E-state index contributed by atoms with van der Waals surface area (Å²) in [6.07, 6.45) is -0.674. The molecule has 1 saturated heterocycles. The maximum Gasteiger partial charge on any atom is 0.243 e. The molecule has 0 amide bonds. The molecule has 0 bridgehead atoms. The lowest BCUT2D eigenvalue weighted by Gasteiger charge is -2.29. The second-order valence-electron chi connectivity index (χ2n) is 5.09. The van der Waals surface area contributed by atoms with Crippen molar-refractivity contribution in [3.8, 4) is 0 Å². The molecule has 0 unspecified atom stereocenters. The summed E-state index contributed by atoms with van der Waals surface area (Å²) in [5, 5.41) is 22.9. The van der Waals surface area contributed by atoms with Crippen LogP contribution in [0.5, 0.6) is 0 Å². The SMILES string of the molecule is O=[N+]([O-])[C@@H]1CO[C@@H](O)C[C@H]1c1ccc2ccccc2c1. The lowest BCUT2D eigenvalue weighted by molar-refractivity contribution is -0.538. The summed E-state index contributed by atoms with van der Waals surface area (Å²) in [4.78, 5) is 10.8. The van der Waals surface area contributed by atoms with Crippen molar-refractivity contribution in [1.29, 1.82) is 0 Å². The van der Waals surface area contributed by atoms with Gasteiger partial charge in [0.15, 0.2) is 6.29 Å². The molecule has 104 valence electrons. The van der Waals surface area contributed by atoms with Gasteiger partial charge < -0.3 is 9.84 Å². The minimum atomic E-state index is -0.928. The van der Waals surface area contributed by atoms with Crippen molar-refractivity contribution >= 4 is 10.8 Å². The molecule has 5 heteroatoms. The molecule has 3 atom stereocenters. The first-order chi connectivity index (χ1) is 9.65. The Morgan fingerprint density at radius 1 is 1.20 bits per heavy atom. The third kappa shape index (κ3) is 2.37. The Labute approximate surface area is 115 Å². The number of ether oxygens (including phenoxy) is 1. The van der Waals surface area contributed by atoms with E-state index in [1.807, 2.05) is 42.5 Å². The molecule has 3 rings (SSSR count). The fraction of sp³-hybridized carbons (Fsp3) is 0.333. The summed E-state index contributed by atoms with van der Waals surface area (Å²) < 4.78 is 5.00. The van der Waals surface area contributed by atoms with Crippen LogP contribution in [-0.2, 0) is 4.74 Å². The van der Waals surface area contributed by atoms with Crippen LogP contribution in [0.4, 0.5) is 0 Å². The number of fused-ring (bicyclic) bond motifs is 1. The van der Waals surface area contributed by atoms with E-state index < -0.39 is 12.3 Å². The second kappa shape index (κ2) is 5.19. The van der Waals surface area contributed by atoms with Gasteiger partial charge in [0.25, 0.3) is 0 Å². The van der Waals surface area contributed by atoms with Gasteiger partial charge in [0.05, 0.1) is 5.92 Å². The van der Waals surface area contributed by atoms with E-state index in [2.05, 4.69) is 0 Å². The van der Waals surface area contributed by atoms with Gasteiger partial charge in [0.2, 0.25) is 6.04 Å². The number of nitrogens with zero attached hydrogens (tertiary/aromatic N) is 1. The molecular formula is C15H15NO4. The van der Waals surface area contributed by atoms with Gasteiger partial charge in [-0.15, -0.1) is 0 Å². The van der Waals surface area contributed by atoms with E-state index in [4.69, 9.17) is 4.74 Å². The molecule has 0 aliphatic carbocycles. The van der Waals surface area contributed by atoms with Crippen molar-refractivity contribution in [2.24, 2.45) is 0 Å². The van der Waals surface area contributed by atoms with Gasteiger partial charge in [-0.2, -0.15) is 0 Å². The zero-order chi connectivity index (χ0) is 14.1. The molecule has 1 aliphatic rings. The Morgan fingerprint density at radius 2 is 1.95 bits per heavy atom. The van der Waals surface area contributed by atoms with Crippen molar-refractivity contribution in [2.45, 2.75) is 24.7 Å². The molecule has 2 aromatic carbocycles. The van der Waals surface area contributed by atoms with Crippen LogP contribution in [-0.4, -0.2) is 29.0 Å². The standard InChI is InChI=1S/C15H15NO4/c17-15-8-13(14(9-20-15)16(18)19)12-6-5-10-3-1-2-4-11(10)7-12/h1-7,13-15,17H,8-9H2/t13-,14+,15+/m0/s1. The summed E-state index contributed by atoms with van der Waals surface area (Å²) in [6.45, 7) is -0.0499. The maximum absolute atomic E-state index is 11.2. The van der Waals surface area contributed by atoms with E-state index in [9.17, 15) is 15.2 Å². The van der Waals surface area contributed by atoms with Crippen LogP contribution in [0.25, 0.3) is 10.8 Å². The average molecular weight is 273 g/mol. The Morgan fingerprint density at radius 3 is 2.70 bits per heavy atom. The Kier molecular flexibility index (Phi) is 3.38. The molecule has 20 heavy (non-hydrogen) atoms. The lowest BCUT2D eigenvalue weighted by atomic mass is 9.86. The van der Waals surface area contributed by atoms with Crippen molar-refractivity contribution in [3.63, 3.8) is 0 Å². The van der Waals surface area contributed by atoms with Crippen LogP contribution >= 0.6 is 0 Å². The second-order valence-corrected chi connectivity index (χ2v) is 5.09. The predicted molar refractivity (Wildman–Crippen MR) is 74.0 cm³/mol. The molecule has 0 radical (unpaired) electrons. The van der Waals surface area contributed by atoms with Gasteiger partial charge in [-0.3, -0.25) is 10.1 Å². The molecule has 1 fully saturated rings. The fourth-order valence-electron chi connectivity index (χ4n) is 2.77. The summed E-state index contributed by atoms with van der Waals surface area (Å²) in [6, 6.07) is 12.9. The first-order valence-corrected chi connectivity index (χ1v) is 6.57. The third-order valence-electron chi connectivity index (χ3n) is 3.85. The minimum Gasteiger partial charge on any atom is -0.368 e. The molecule has 0 saturated carbocycles. The summed E-state index contributed by atoms with van der Waals surface area (Å²) in [7, 11) is 0. The number of hydrogen-bond acceptors (Lipinski definition) is 4. The monoisotopic (exact) mass is 273 g/mol. The first-order valence-electron chi connectivity index (χ1n) is 6.57. The fourth-order valence-corrected chi connectivity index (χ4v) is 2.77. The highest BCUT2D eigenvalue weighted by atomic mass is 16.6. The van der Waals surface area contributed by atoms with E-state index in [0.29, 0.717) is 0 Å². The van der Waals surface area contributed by atoms with Crippen molar-refractivity contribution < 1.29 is 14.8 Å². The van der Waals surface area contributed by atoms with E-state index in [-0.39, 0.29) is 23.9 Å². The third-order valence-corrected chi connectivity index (χ3v) is 3.85. The largest absolute Gasteiger partial charge is 0.368 e. The van der Waals surface area contributed by atoms with Crippen LogP contribution in [0, 0.1) is 10.1 Å². The summed E-state index contributed by atoms with van der Waals surface area (Å²) >= 11 is 0. The minimum absolute atomic E-state index is 0.0499. The van der Waals surface area contributed by atoms with Gasteiger partial charge in [-0.05, 0) is 16.3 Å². The smallest absolute Gasteiger partial charge is 0.243 e. The Balaban J connectivity index is 2.00. The topological polar surface area (TPSA) is 72.6 Å². The van der Waals surface area contributed by atoms with Gasteiger partial charge in [0.1, 0.15) is 6.61 Å². The highest BCUT2D eigenvalue weighted by molar-refractivity contribution is 5.83. The van der Waals surface area contributed by atoms with Gasteiger partial charge in [-0.1, -0.05) is 42.5 Å². The summed E-state index contributed by atoms with van der Waals surface area (Å²) in [5.41, 5.74) is 0.882. The molecule has 0 aromatic heterocycles. The van der Waals surface area contributed by atoms with Crippen LogP contribution in [0.1, 0.15) is 17.9 Å². The normalized spacial score (nSPS) is 26.6. The van der Waals surface area contributed by atoms with E-state index in [0.717, 1.165) is 16.3 Å². The van der Waals surface area contributed by atoms with Crippen molar-refractivity contribution in [3.05, 3.63) is 58.1 Å². The zero-order valence-corrected chi connectivity index (χ0v) is 10.8. The number of nitro groups is 1. The molecular weight excluding hydrogens is 258 g/mol. The van der Waals surface area contributed by atoms with E-state index in [1.165, 1.54) is 0 Å². The van der Waals surface area contributed by atoms with Crippen LogP contribution < -0.4 is 0 Å². The molecule has 0 spiro atoms. The Bertz CT molecular complexity index is 643. The lowest BCUT2D eigenvalue weighted by Crippen LogP contribution is -2.40. The van der Waals surface area contributed by atoms with Gasteiger partial charge in [0, 0.05) is 11.3 Å². The highest BCUT2D eigenvalue weighted by Gasteiger charge is 2.39. The Hall–Kier alpha value is -1.98. The van der Waals surface area contributed by atoms with Gasteiger partial charge in [-0.25, -0.2) is 0 Å². The molecule has 2 aromatic rings. The quantitative estimate of drug-likeness (QED) is 0.673. The molecule has 5 nitrogen and oxygen atoms in total. The molecule has 1 aliphatic heterocycles. The average Bonchev–Trinajstić information content (AvgIpc) is 2.46. The molecule has 1 heterocycles. The molecule has 1 N–H and O–H groups in total. The zero-order valence-electron chi connectivity index (χ0n) is 10.8. The predicted octanol–water partition coefficient (Wildman–Crippen LogP) is 2.31.